The number of primary amides is 1. The number of nitrogens with two attached hydrogens (primary N) is 1. The third-order valence-electron chi connectivity index (χ3n) is 1.70. The van der Waals surface area contributed by atoms with Crippen molar-refractivity contribution in [2.24, 2.45) is 5.73 Å². The molecule has 0 spiro atoms. The van der Waals surface area contributed by atoms with Gasteiger partial charge in [0.15, 0.2) is 5.82 Å². The number of nitrogens with zero attached hydrogens (tertiary/aromatic N) is 4. The summed E-state index contributed by atoms with van der Waals surface area (Å²) in [5, 5.41) is 3.95. The number of aromatic nitrogens is 4. The van der Waals surface area contributed by atoms with Gasteiger partial charge in [-0.25, -0.2) is 14.6 Å². The maximum absolute atomic E-state index is 10.8. The molecule has 0 radical (unpaired) electrons. The van der Waals surface area contributed by atoms with Crippen molar-refractivity contribution in [3.8, 4) is 5.82 Å². The van der Waals surface area contributed by atoms with Gasteiger partial charge in [0, 0.05) is 12.3 Å². The van der Waals surface area contributed by atoms with E-state index in [1.807, 2.05) is 0 Å². The molecule has 0 bridgehead atoms. The van der Waals surface area contributed by atoms with Crippen LogP contribution < -0.4 is 5.73 Å². The standard InChI is InChI=1S/C8H6BrN5O/c9-6-3-7(12-4-11-6)14-2-1-5(13-14)8(10)15/h1-4H,(H2,10,15). The van der Waals surface area contributed by atoms with Crippen molar-refractivity contribution in [2.75, 3.05) is 0 Å². The Morgan fingerprint density at radius 1 is 1.47 bits per heavy atom. The molecule has 0 aromatic carbocycles. The van der Waals surface area contributed by atoms with E-state index in [-0.39, 0.29) is 5.69 Å². The summed E-state index contributed by atoms with van der Waals surface area (Å²) < 4.78 is 2.09. The van der Waals surface area contributed by atoms with Crippen LogP contribution in [0.4, 0.5) is 0 Å². The summed E-state index contributed by atoms with van der Waals surface area (Å²) in [6, 6.07) is 3.20. The molecule has 0 saturated heterocycles. The van der Waals surface area contributed by atoms with E-state index in [9.17, 15) is 4.79 Å². The largest absolute Gasteiger partial charge is 0.364 e. The molecule has 0 saturated carbocycles. The van der Waals surface area contributed by atoms with Crippen molar-refractivity contribution >= 4 is 21.8 Å². The van der Waals surface area contributed by atoms with E-state index < -0.39 is 5.91 Å². The molecule has 7 heteroatoms. The van der Waals surface area contributed by atoms with E-state index >= 15 is 0 Å². The van der Waals surface area contributed by atoms with Gasteiger partial charge < -0.3 is 5.73 Å². The molecule has 0 unspecified atom stereocenters. The van der Waals surface area contributed by atoms with Gasteiger partial charge in [-0.3, -0.25) is 4.79 Å². The molecule has 2 rings (SSSR count). The summed E-state index contributed by atoms with van der Waals surface area (Å²) in [5.74, 6) is -0.00810. The number of rotatable bonds is 2. The molecule has 2 N–H and O–H groups in total. The fourth-order valence-electron chi connectivity index (χ4n) is 1.03. The summed E-state index contributed by atoms with van der Waals surface area (Å²) in [6.45, 7) is 0. The van der Waals surface area contributed by atoms with Crippen LogP contribution in [0.5, 0.6) is 0 Å². The summed E-state index contributed by atoms with van der Waals surface area (Å²) in [5.41, 5.74) is 5.28. The first-order valence-electron chi connectivity index (χ1n) is 4.00. The van der Waals surface area contributed by atoms with Gasteiger partial charge in [0.25, 0.3) is 5.91 Å². The molecule has 0 aliphatic heterocycles. The normalized spacial score (nSPS) is 10.2. The zero-order valence-electron chi connectivity index (χ0n) is 7.46. The van der Waals surface area contributed by atoms with Gasteiger partial charge in [0.1, 0.15) is 16.6 Å². The van der Waals surface area contributed by atoms with Gasteiger partial charge in [0.2, 0.25) is 0 Å². The maximum Gasteiger partial charge on any atom is 0.269 e. The molecule has 0 fully saturated rings. The van der Waals surface area contributed by atoms with Crippen molar-refractivity contribution in [3.05, 3.63) is 35.0 Å². The van der Waals surface area contributed by atoms with Crippen molar-refractivity contribution < 1.29 is 4.79 Å². The van der Waals surface area contributed by atoms with Crippen molar-refractivity contribution in [3.63, 3.8) is 0 Å². The van der Waals surface area contributed by atoms with Gasteiger partial charge >= 0.3 is 0 Å². The Hall–Kier alpha value is -1.76. The van der Waals surface area contributed by atoms with Crippen LogP contribution >= 0.6 is 15.9 Å². The lowest BCUT2D eigenvalue weighted by Gasteiger charge is -1.98. The third kappa shape index (κ3) is 2.01. The Bertz CT molecular complexity index is 509. The molecule has 2 aromatic heterocycles. The Morgan fingerprint density at radius 2 is 2.27 bits per heavy atom. The predicted molar refractivity (Wildman–Crippen MR) is 55.4 cm³/mol. The van der Waals surface area contributed by atoms with Gasteiger partial charge in [0.05, 0.1) is 0 Å². The predicted octanol–water partition coefficient (Wildman–Crippen LogP) is 0.524. The van der Waals surface area contributed by atoms with Crippen molar-refractivity contribution in [2.45, 2.75) is 0 Å². The zero-order valence-corrected chi connectivity index (χ0v) is 9.05. The maximum atomic E-state index is 10.8. The minimum absolute atomic E-state index is 0.199. The molecule has 76 valence electrons. The van der Waals surface area contributed by atoms with Crippen molar-refractivity contribution in [1.82, 2.24) is 19.7 Å². The van der Waals surface area contributed by atoms with E-state index in [1.54, 1.807) is 12.3 Å². The van der Waals surface area contributed by atoms with E-state index in [0.29, 0.717) is 10.4 Å². The molecule has 2 aromatic rings. The second-order valence-corrected chi connectivity index (χ2v) is 3.52. The number of hydrogen-bond acceptors (Lipinski definition) is 4. The minimum Gasteiger partial charge on any atom is -0.364 e. The summed E-state index contributed by atoms with van der Waals surface area (Å²) in [7, 11) is 0. The smallest absolute Gasteiger partial charge is 0.269 e. The quantitative estimate of drug-likeness (QED) is 0.804. The second-order valence-electron chi connectivity index (χ2n) is 2.71. The molecule has 15 heavy (non-hydrogen) atoms. The van der Waals surface area contributed by atoms with Crippen LogP contribution in [0.15, 0.2) is 29.3 Å². The lowest BCUT2D eigenvalue weighted by atomic mass is 10.4. The Morgan fingerprint density at radius 3 is 2.87 bits per heavy atom. The van der Waals surface area contributed by atoms with Crippen LogP contribution in [0.25, 0.3) is 5.82 Å². The molecular weight excluding hydrogens is 262 g/mol. The number of carbonyl (C=O) groups is 1. The number of amides is 1. The van der Waals surface area contributed by atoms with Crippen LogP contribution in [0.2, 0.25) is 0 Å². The molecule has 6 nitrogen and oxygen atoms in total. The van der Waals surface area contributed by atoms with Gasteiger partial charge in [-0.1, -0.05) is 0 Å². The Kier molecular flexibility index (Phi) is 2.46. The average Bonchev–Trinajstić information content (AvgIpc) is 2.66. The molecule has 0 aliphatic carbocycles. The Labute approximate surface area is 93.3 Å². The van der Waals surface area contributed by atoms with Gasteiger partial charge in [-0.15, -0.1) is 0 Å². The van der Waals surface area contributed by atoms with Crippen LogP contribution in [-0.2, 0) is 0 Å². The highest BCUT2D eigenvalue weighted by Gasteiger charge is 2.06. The van der Waals surface area contributed by atoms with Crippen LogP contribution in [0.3, 0.4) is 0 Å². The van der Waals surface area contributed by atoms with Crippen LogP contribution in [-0.4, -0.2) is 25.7 Å². The number of hydrogen-bond donors (Lipinski definition) is 1. The summed E-state index contributed by atoms with van der Waals surface area (Å²) >= 11 is 3.21. The first kappa shape index (κ1) is 9.78. The highest BCUT2D eigenvalue weighted by Crippen LogP contribution is 2.09. The third-order valence-corrected chi connectivity index (χ3v) is 2.13. The minimum atomic E-state index is -0.568. The Balaban J connectivity index is 2.41. The van der Waals surface area contributed by atoms with E-state index in [0.717, 1.165) is 0 Å². The second kappa shape index (κ2) is 3.77. The molecule has 1 amide bonds. The van der Waals surface area contributed by atoms with Crippen LogP contribution in [0, 0.1) is 0 Å². The monoisotopic (exact) mass is 267 g/mol. The first-order chi connectivity index (χ1) is 7.16. The van der Waals surface area contributed by atoms with Crippen molar-refractivity contribution in [1.29, 1.82) is 0 Å². The lowest BCUT2D eigenvalue weighted by molar-refractivity contribution is 0.0995. The zero-order chi connectivity index (χ0) is 10.8. The van der Waals surface area contributed by atoms with Gasteiger partial charge in [-0.05, 0) is 22.0 Å². The van der Waals surface area contributed by atoms with Gasteiger partial charge in [-0.2, -0.15) is 5.10 Å². The fourth-order valence-corrected chi connectivity index (χ4v) is 1.33. The summed E-state index contributed by atoms with van der Waals surface area (Å²) in [6.07, 6.45) is 3.00. The molecular formula is C8H6BrN5O. The number of carbonyl (C=O) groups excluding carboxylic acids is 1. The highest BCUT2D eigenvalue weighted by molar-refractivity contribution is 9.10. The lowest BCUT2D eigenvalue weighted by Crippen LogP contribution is -2.12. The first-order valence-corrected chi connectivity index (χ1v) is 4.79. The van der Waals surface area contributed by atoms with E-state index in [2.05, 4.69) is 31.0 Å². The van der Waals surface area contributed by atoms with Crippen LogP contribution in [0.1, 0.15) is 10.5 Å². The average molecular weight is 268 g/mol. The van der Waals surface area contributed by atoms with E-state index in [1.165, 1.54) is 17.1 Å². The molecule has 0 atom stereocenters. The molecule has 0 aliphatic rings. The molecule has 2 heterocycles. The van der Waals surface area contributed by atoms with E-state index in [4.69, 9.17) is 5.73 Å². The fraction of sp³-hybridized carbons (Fsp3) is 0. The SMILES string of the molecule is NC(=O)c1ccn(-c2cc(Br)ncn2)n1. The summed E-state index contributed by atoms with van der Waals surface area (Å²) in [4.78, 5) is 18.7. The highest BCUT2D eigenvalue weighted by atomic mass is 79.9. The topological polar surface area (TPSA) is 86.7 Å². The number of halogens is 1.